The molecule has 3 N–H and O–H groups in total. The Morgan fingerprint density at radius 1 is 1.19 bits per heavy atom. The predicted octanol–water partition coefficient (Wildman–Crippen LogP) is -0.857. The monoisotopic (exact) mass is 365 g/mol. The minimum Gasteiger partial charge on any atom is -0.491 e. The van der Waals surface area contributed by atoms with Gasteiger partial charge in [-0.15, -0.1) is 0 Å². The summed E-state index contributed by atoms with van der Waals surface area (Å²) in [6, 6.07) is 6.39. The van der Waals surface area contributed by atoms with Crippen LogP contribution in [0.2, 0.25) is 0 Å². The summed E-state index contributed by atoms with van der Waals surface area (Å²) >= 11 is 0. The van der Waals surface area contributed by atoms with Gasteiger partial charge >= 0.3 is 5.69 Å². The Labute approximate surface area is 145 Å². The number of aliphatic hydroxyl groups excluding tert-OH is 2. The molecule has 4 unspecified atom stereocenters. The van der Waals surface area contributed by atoms with Gasteiger partial charge in [0.25, 0.3) is 11.2 Å². The fourth-order valence-corrected chi connectivity index (χ4v) is 2.57. The summed E-state index contributed by atoms with van der Waals surface area (Å²) in [5.74, 6) is 0.311. The number of hydrogen-bond donors (Lipinski definition) is 3. The molecule has 0 saturated carbocycles. The van der Waals surface area contributed by atoms with Crippen molar-refractivity contribution in [3.8, 4) is 5.75 Å². The van der Waals surface area contributed by atoms with Crippen molar-refractivity contribution in [2.24, 2.45) is 0 Å². The maximum atomic E-state index is 11.8. The number of H-pyrrole nitrogens is 1. The van der Waals surface area contributed by atoms with Crippen molar-refractivity contribution in [2.75, 3.05) is 6.61 Å². The van der Waals surface area contributed by atoms with Gasteiger partial charge in [-0.2, -0.15) is 0 Å². The number of aromatic nitrogens is 2. The average molecular weight is 365 g/mol. The number of aromatic amines is 1. The average Bonchev–Trinajstić information content (AvgIpc) is 2.88. The van der Waals surface area contributed by atoms with Gasteiger partial charge in [-0.25, -0.2) is 4.79 Å². The Hall–Kier alpha value is -3.02. The number of nitrogens with zero attached hydrogens (tertiary/aromatic N) is 2. The highest BCUT2D eigenvalue weighted by atomic mass is 16.6. The van der Waals surface area contributed by atoms with E-state index in [9.17, 15) is 29.9 Å². The number of nitro benzene ring substituents is 1. The third kappa shape index (κ3) is 3.49. The normalized spacial score (nSPS) is 25.2. The number of hydrogen-bond acceptors (Lipinski definition) is 8. The molecule has 138 valence electrons. The van der Waals surface area contributed by atoms with Crippen molar-refractivity contribution in [1.82, 2.24) is 9.55 Å². The number of non-ortho nitro benzene ring substituents is 1. The summed E-state index contributed by atoms with van der Waals surface area (Å²) < 4.78 is 11.9. The smallest absolute Gasteiger partial charge is 0.330 e. The van der Waals surface area contributed by atoms with E-state index in [1.54, 1.807) is 0 Å². The van der Waals surface area contributed by atoms with Crippen LogP contribution in [0, 0.1) is 10.1 Å². The second kappa shape index (κ2) is 7.07. The summed E-state index contributed by atoms with van der Waals surface area (Å²) in [4.78, 5) is 35.0. The molecule has 1 aromatic carbocycles. The van der Waals surface area contributed by atoms with Gasteiger partial charge in [0.1, 0.15) is 30.7 Å². The van der Waals surface area contributed by atoms with Crippen LogP contribution >= 0.6 is 0 Å². The van der Waals surface area contributed by atoms with E-state index in [-0.39, 0.29) is 12.3 Å². The van der Waals surface area contributed by atoms with Crippen LogP contribution in [0.3, 0.4) is 0 Å². The molecule has 11 nitrogen and oxygen atoms in total. The Morgan fingerprint density at radius 3 is 2.50 bits per heavy atom. The number of nitrogens with one attached hydrogen (secondary N) is 1. The molecule has 1 aliphatic rings. The summed E-state index contributed by atoms with van der Waals surface area (Å²) in [6.45, 7) is -0.162. The van der Waals surface area contributed by atoms with E-state index < -0.39 is 40.7 Å². The third-order valence-corrected chi connectivity index (χ3v) is 3.92. The SMILES string of the molecule is O=c1ccn(C2OC(COc3ccc([N+](=O)[O-])cc3)C(O)C2O)c(=O)[nH]1. The fourth-order valence-electron chi connectivity index (χ4n) is 2.57. The zero-order valence-electron chi connectivity index (χ0n) is 13.2. The van der Waals surface area contributed by atoms with E-state index >= 15 is 0 Å². The largest absolute Gasteiger partial charge is 0.491 e. The molecule has 0 aliphatic carbocycles. The van der Waals surface area contributed by atoms with Gasteiger partial charge in [0.15, 0.2) is 6.23 Å². The molecule has 26 heavy (non-hydrogen) atoms. The molecule has 0 radical (unpaired) electrons. The van der Waals surface area contributed by atoms with Crippen molar-refractivity contribution < 1.29 is 24.6 Å². The first-order valence-corrected chi connectivity index (χ1v) is 7.57. The van der Waals surface area contributed by atoms with E-state index in [0.717, 1.165) is 16.8 Å². The number of aliphatic hydroxyl groups is 2. The molecular formula is C15H15N3O8. The Kier molecular flexibility index (Phi) is 4.84. The number of benzene rings is 1. The molecule has 11 heteroatoms. The lowest BCUT2D eigenvalue weighted by atomic mass is 10.1. The van der Waals surface area contributed by atoms with Crippen molar-refractivity contribution in [3.05, 3.63) is 67.5 Å². The maximum absolute atomic E-state index is 11.8. The minimum absolute atomic E-state index is 0.0950. The third-order valence-electron chi connectivity index (χ3n) is 3.92. The molecule has 3 rings (SSSR count). The topological polar surface area (TPSA) is 157 Å². The molecular weight excluding hydrogens is 350 g/mol. The quantitative estimate of drug-likeness (QED) is 0.456. The van der Waals surface area contributed by atoms with Crippen molar-refractivity contribution in [2.45, 2.75) is 24.5 Å². The summed E-state index contributed by atoms with van der Waals surface area (Å²) in [6.07, 6.45) is -3.74. The van der Waals surface area contributed by atoms with Gasteiger partial charge in [-0.3, -0.25) is 24.5 Å². The highest BCUT2D eigenvalue weighted by Crippen LogP contribution is 2.29. The zero-order valence-corrected chi connectivity index (χ0v) is 13.2. The van der Waals surface area contributed by atoms with Gasteiger partial charge in [0.2, 0.25) is 0 Å². The van der Waals surface area contributed by atoms with Gasteiger partial charge in [0, 0.05) is 24.4 Å². The van der Waals surface area contributed by atoms with Crippen LogP contribution < -0.4 is 16.0 Å². The van der Waals surface area contributed by atoms with Crippen LogP contribution in [-0.2, 0) is 4.74 Å². The van der Waals surface area contributed by atoms with E-state index in [0.29, 0.717) is 5.75 Å². The van der Waals surface area contributed by atoms with Crippen LogP contribution in [0.25, 0.3) is 0 Å². The van der Waals surface area contributed by atoms with Crippen molar-refractivity contribution >= 4 is 5.69 Å². The summed E-state index contributed by atoms with van der Waals surface area (Å²) in [5.41, 5.74) is -1.48. The molecule has 1 aliphatic heterocycles. The van der Waals surface area contributed by atoms with Gasteiger partial charge in [-0.05, 0) is 12.1 Å². The highest BCUT2D eigenvalue weighted by molar-refractivity contribution is 5.35. The minimum atomic E-state index is -1.41. The molecule has 1 fully saturated rings. The molecule has 2 aromatic rings. The van der Waals surface area contributed by atoms with Crippen molar-refractivity contribution in [3.63, 3.8) is 0 Å². The van der Waals surface area contributed by atoms with E-state index in [4.69, 9.17) is 9.47 Å². The number of rotatable bonds is 5. The van der Waals surface area contributed by atoms with Crippen LogP contribution in [-0.4, -0.2) is 49.6 Å². The second-order valence-electron chi connectivity index (χ2n) is 5.63. The molecule has 0 spiro atoms. The Bertz CT molecular complexity index is 906. The predicted molar refractivity (Wildman–Crippen MR) is 85.8 cm³/mol. The Morgan fingerprint density at radius 2 is 1.88 bits per heavy atom. The maximum Gasteiger partial charge on any atom is 0.330 e. The van der Waals surface area contributed by atoms with Gasteiger partial charge in [-0.1, -0.05) is 0 Å². The van der Waals surface area contributed by atoms with E-state index in [1.807, 2.05) is 4.98 Å². The first-order valence-electron chi connectivity index (χ1n) is 7.57. The molecule has 1 aromatic heterocycles. The molecule has 1 saturated heterocycles. The fraction of sp³-hybridized carbons (Fsp3) is 0.333. The second-order valence-corrected chi connectivity index (χ2v) is 5.63. The molecule has 0 bridgehead atoms. The lowest BCUT2D eigenvalue weighted by Crippen LogP contribution is -2.37. The summed E-state index contributed by atoms with van der Waals surface area (Å²) in [5, 5.41) is 30.8. The van der Waals surface area contributed by atoms with Crippen LogP contribution in [0.5, 0.6) is 5.75 Å². The van der Waals surface area contributed by atoms with Gasteiger partial charge in [0.05, 0.1) is 4.92 Å². The zero-order chi connectivity index (χ0) is 18.8. The Balaban J connectivity index is 1.68. The number of ether oxygens (including phenoxy) is 2. The molecule has 2 heterocycles. The van der Waals surface area contributed by atoms with E-state index in [1.165, 1.54) is 24.3 Å². The van der Waals surface area contributed by atoms with Crippen LogP contribution in [0.4, 0.5) is 5.69 Å². The van der Waals surface area contributed by atoms with Crippen LogP contribution in [0.15, 0.2) is 46.1 Å². The first-order chi connectivity index (χ1) is 12.4. The van der Waals surface area contributed by atoms with Crippen LogP contribution in [0.1, 0.15) is 6.23 Å². The standard InChI is InChI=1S/C15H15N3O8/c19-11-5-6-17(15(22)16-11)14-13(21)12(20)10(26-14)7-25-9-3-1-8(2-4-9)18(23)24/h1-6,10,12-14,20-21H,7H2,(H,16,19,22). The lowest BCUT2D eigenvalue weighted by molar-refractivity contribution is -0.384. The first kappa shape index (κ1) is 17.8. The lowest BCUT2D eigenvalue weighted by Gasteiger charge is -2.16. The summed E-state index contributed by atoms with van der Waals surface area (Å²) in [7, 11) is 0. The number of nitro groups is 1. The van der Waals surface area contributed by atoms with Crippen molar-refractivity contribution in [1.29, 1.82) is 0 Å². The molecule has 4 atom stereocenters. The molecule has 0 amide bonds. The van der Waals surface area contributed by atoms with Gasteiger partial charge < -0.3 is 19.7 Å². The van der Waals surface area contributed by atoms with E-state index in [2.05, 4.69) is 0 Å². The highest BCUT2D eigenvalue weighted by Gasteiger charge is 2.44.